The molecule has 1 aromatic rings. The Morgan fingerprint density at radius 3 is 2.82 bits per heavy atom. The molecule has 1 saturated carbocycles. The van der Waals surface area contributed by atoms with Gasteiger partial charge in [0, 0.05) is 11.7 Å². The van der Waals surface area contributed by atoms with Gasteiger partial charge in [0.05, 0.1) is 0 Å². The van der Waals surface area contributed by atoms with Gasteiger partial charge in [0.2, 0.25) is 0 Å². The summed E-state index contributed by atoms with van der Waals surface area (Å²) in [5.74, 6) is 1.49. The van der Waals surface area contributed by atoms with Crippen LogP contribution in [0.25, 0.3) is 0 Å². The number of hydrogen-bond donors (Lipinski definition) is 1. The second kappa shape index (κ2) is 5.57. The monoisotopic (exact) mass is 231 g/mol. The van der Waals surface area contributed by atoms with Crippen LogP contribution in [0.3, 0.4) is 0 Å². The van der Waals surface area contributed by atoms with E-state index in [4.69, 9.17) is 0 Å². The van der Waals surface area contributed by atoms with Gasteiger partial charge in [-0.2, -0.15) is 0 Å². The summed E-state index contributed by atoms with van der Waals surface area (Å²) in [5, 5.41) is 3.74. The van der Waals surface area contributed by atoms with Gasteiger partial charge in [-0.05, 0) is 42.4 Å². The number of nitrogens with one attached hydrogen (secondary N) is 1. The van der Waals surface area contributed by atoms with Crippen LogP contribution < -0.4 is 5.32 Å². The lowest BCUT2D eigenvalue weighted by molar-refractivity contribution is 0.489. The Balaban J connectivity index is 2.05. The summed E-state index contributed by atoms with van der Waals surface area (Å²) in [6.07, 6.45) is 5.43. The summed E-state index contributed by atoms with van der Waals surface area (Å²) < 4.78 is 0. The molecule has 0 spiro atoms. The van der Waals surface area contributed by atoms with E-state index < -0.39 is 0 Å². The quantitative estimate of drug-likeness (QED) is 0.784. The van der Waals surface area contributed by atoms with Gasteiger partial charge in [-0.3, -0.25) is 0 Å². The minimum absolute atomic E-state index is 0.613. The lowest BCUT2D eigenvalue weighted by Gasteiger charge is -2.21. The Morgan fingerprint density at radius 2 is 2.12 bits per heavy atom. The Bertz CT molecular complexity index is 356. The standard InChI is InChI=1S/C16H25N/c1-4-13-7-6-10-16(13)17-15-9-5-8-14(11-15)12(2)3/h5,8-9,11-13,16-17H,4,6-7,10H2,1-3H3. The van der Waals surface area contributed by atoms with E-state index >= 15 is 0 Å². The van der Waals surface area contributed by atoms with E-state index in [-0.39, 0.29) is 0 Å². The summed E-state index contributed by atoms with van der Waals surface area (Å²) >= 11 is 0. The lowest BCUT2D eigenvalue weighted by atomic mass is 9.99. The molecule has 1 aromatic carbocycles. The molecule has 1 N–H and O–H groups in total. The molecule has 0 aromatic heterocycles. The van der Waals surface area contributed by atoms with Gasteiger partial charge in [-0.1, -0.05) is 45.7 Å². The Labute approximate surface area is 106 Å². The van der Waals surface area contributed by atoms with Crippen molar-refractivity contribution in [1.82, 2.24) is 0 Å². The molecular weight excluding hydrogens is 206 g/mol. The van der Waals surface area contributed by atoms with Gasteiger partial charge in [0.15, 0.2) is 0 Å². The molecule has 0 bridgehead atoms. The fraction of sp³-hybridized carbons (Fsp3) is 0.625. The Kier molecular flexibility index (Phi) is 4.09. The smallest absolute Gasteiger partial charge is 0.0345 e. The van der Waals surface area contributed by atoms with E-state index in [1.165, 1.54) is 36.9 Å². The molecule has 94 valence electrons. The predicted octanol–water partition coefficient (Wildman–Crippen LogP) is 4.80. The first-order valence-electron chi connectivity index (χ1n) is 7.07. The molecule has 0 radical (unpaired) electrons. The first-order valence-corrected chi connectivity index (χ1v) is 7.07. The Hall–Kier alpha value is -0.980. The number of anilines is 1. The van der Waals surface area contributed by atoms with Gasteiger partial charge in [0.1, 0.15) is 0 Å². The van der Waals surface area contributed by atoms with E-state index in [1.54, 1.807) is 0 Å². The van der Waals surface area contributed by atoms with Gasteiger partial charge < -0.3 is 5.32 Å². The van der Waals surface area contributed by atoms with Crippen molar-refractivity contribution in [3.05, 3.63) is 29.8 Å². The fourth-order valence-corrected chi connectivity index (χ4v) is 2.92. The Morgan fingerprint density at radius 1 is 1.29 bits per heavy atom. The lowest BCUT2D eigenvalue weighted by Crippen LogP contribution is -2.23. The third-order valence-corrected chi connectivity index (χ3v) is 4.09. The van der Waals surface area contributed by atoms with Crippen molar-refractivity contribution in [1.29, 1.82) is 0 Å². The zero-order valence-electron chi connectivity index (χ0n) is 11.4. The van der Waals surface area contributed by atoms with Crippen molar-refractivity contribution in [3.8, 4) is 0 Å². The van der Waals surface area contributed by atoms with Crippen LogP contribution in [-0.2, 0) is 0 Å². The average molecular weight is 231 g/mol. The van der Waals surface area contributed by atoms with E-state index in [9.17, 15) is 0 Å². The van der Waals surface area contributed by atoms with Crippen molar-refractivity contribution < 1.29 is 0 Å². The van der Waals surface area contributed by atoms with Crippen LogP contribution in [0.15, 0.2) is 24.3 Å². The molecule has 2 atom stereocenters. The maximum atomic E-state index is 3.74. The highest BCUT2D eigenvalue weighted by Gasteiger charge is 2.25. The van der Waals surface area contributed by atoms with E-state index in [1.807, 2.05) is 0 Å². The van der Waals surface area contributed by atoms with Crippen LogP contribution in [0.1, 0.15) is 57.9 Å². The van der Waals surface area contributed by atoms with Crippen LogP contribution >= 0.6 is 0 Å². The minimum atomic E-state index is 0.613. The number of rotatable bonds is 4. The third-order valence-electron chi connectivity index (χ3n) is 4.09. The summed E-state index contributed by atoms with van der Waals surface area (Å²) in [6.45, 7) is 6.82. The molecule has 1 aliphatic rings. The zero-order valence-corrected chi connectivity index (χ0v) is 11.4. The van der Waals surface area contributed by atoms with Crippen LogP contribution in [0, 0.1) is 5.92 Å². The van der Waals surface area contributed by atoms with Crippen LogP contribution in [-0.4, -0.2) is 6.04 Å². The molecule has 0 heterocycles. The molecule has 0 aliphatic heterocycles. The molecule has 0 amide bonds. The van der Waals surface area contributed by atoms with Crippen molar-refractivity contribution >= 4 is 5.69 Å². The third kappa shape index (κ3) is 3.02. The van der Waals surface area contributed by atoms with E-state index in [0.29, 0.717) is 12.0 Å². The SMILES string of the molecule is CCC1CCCC1Nc1cccc(C(C)C)c1. The highest BCUT2D eigenvalue weighted by atomic mass is 14.9. The van der Waals surface area contributed by atoms with Crippen molar-refractivity contribution in [2.24, 2.45) is 5.92 Å². The second-order valence-electron chi connectivity index (χ2n) is 5.63. The molecule has 17 heavy (non-hydrogen) atoms. The van der Waals surface area contributed by atoms with Gasteiger partial charge in [-0.25, -0.2) is 0 Å². The van der Waals surface area contributed by atoms with Crippen LogP contribution in [0.2, 0.25) is 0 Å². The molecule has 2 unspecified atom stereocenters. The molecule has 1 aliphatic carbocycles. The highest BCUT2D eigenvalue weighted by molar-refractivity contribution is 5.47. The fourth-order valence-electron chi connectivity index (χ4n) is 2.92. The first kappa shape index (κ1) is 12.5. The average Bonchev–Trinajstić information content (AvgIpc) is 2.76. The number of benzene rings is 1. The van der Waals surface area contributed by atoms with Crippen LogP contribution in [0.4, 0.5) is 5.69 Å². The zero-order chi connectivity index (χ0) is 12.3. The molecule has 1 nitrogen and oxygen atoms in total. The summed E-state index contributed by atoms with van der Waals surface area (Å²) in [4.78, 5) is 0. The van der Waals surface area contributed by atoms with Gasteiger partial charge in [0.25, 0.3) is 0 Å². The van der Waals surface area contributed by atoms with Crippen molar-refractivity contribution in [2.75, 3.05) is 5.32 Å². The maximum Gasteiger partial charge on any atom is 0.0345 e. The van der Waals surface area contributed by atoms with E-state index in [0.717, 1.165) is 5.92 Å². The second-order valence-corrected chi connectivity index (χ2v) is 5.63. The maximum absolute atomic E-state index is 3.74. The van der Waals surface area contributed by atoms with Crippen molar-refractivity contribution in [3.63, 3.8) is 0 Å². The largest absolute Gasteiger partial charge is 0.382 e. The first-order chi connectivity index (χ1) is 8.20. The minimum Gasteiger partial charge on any atom is -0.382 e. The molecular formula is C16H25N. The summed E-state index contributed by atoms with van der Waals surface area (Å²) in [6, 6.07) is 9.62. The van der Waals surface area contributed by atoms with Gasteiger partial charge >= 0.3 is 0 Å². The predicted molar refractivity (Wildman–Crippen MR) is 75.6 cm³/mol. The normalized spacial score (nSPS) is 24.2. The van der Waals surface area contributed by atoms with Gasteiger partial charge in [-0.15, -0.1) is 0 Å². The molecule has 1 heteroatoms. The molecule has 1 fully saturated rings. The van der Waals surface area contributed by atoms with E-state index in [2.05, 4.69) is 50.4 Å². The molecule has 0 saturated heterocycles. The highest BCUT2D eigenvalue weighted by Crippen LogP contribution is 2.31. The topological polar surface area (TPSA) is 12.0 Å². The molecule has 2 rings (SSSR count). The van der Waals surface area contributed by atoms with Crippen molar-refractivity contribution in [2.45, 2.75) is 58.4 Å². The van der Waals surface area contributed by atoms with Crippen LogP contribution in [0.5, 0.6) is 0 Å². The summed E-state index contributed by atoms with van der Waals surface area (Å²) in [5.41, 5.74) is 2.74. The summed E-state index contributed by atoms with van der Waals surface area (Å²) in [7, 11) is 0. The number of hydrogen-bond acceptors (Lipinski definition) is 1.